The van der Waals surface area contributed by atoms with E-state index >= 15 is 0 Å². The standard InChI is InChI=1S/C32H36N4O2.C31H31FN2O3.C30H29FN2O3.C29H27FN2O3/c1-35(20-24-12-13-30-26(16-24)9-4-14-33-30)19-23-6-2-10-28(17-23)38-22-25-7-5-15-36(21-25)32(37)31-29-11-3-8-27(29)18-34-31;1-36-30-8-3-2-6-27(30)11-14-31(35)34(22-25-15-18-33-19-16-25)23-26-5-4-7-29(21-26)37-20-17-24-9-12-28(32)13-10-24;1-35-28-11-7-24(8-12-28)20-30(34)33(21-25-13-16-32-17-14-25)22-26-3-2-4-29(19-26)36-18-15-23-5-9-27(31)10-6-23;1-34-27-11-7-25(8-12-27)29(33)32(20-23-13-16-31-17-14-23)21-24-3-2-4-28(19-24)35-18-15-22-5-9-26(30)10-6-22/h2,4,6,9-10,12-14,16-17,25H,3,5,7-8,11,15,18-22H2,1H3;2-10,12-13,15-16,18-19,21H,11,14,17,20,22-23H2,1H3;2-14,16-17,19H,15,18,20-22H2,1H3;2-14,16-17,19H,15,18,20-21H2,1H3. The molecule has 146 heavy (non-hydrogen) atoms. The molecule has 2 aliphatic heterocycles. The normalized spacial score (nSPS) is 12.9. The first-order valence-electron chi connectivity index (χ1n) is 49.5. The molecule has 1 unspecified atom stereocenters. The highest BCUT2D eigenvalue weighted by atomic mass is 19.1. The van der Waals surface area contributed by atoms with Crippen LogP contribution in [0.25, 0.3) is 10.9 Å². The van der Waals surface area contributed by atoms with Gasteiger partial charge in [-0.05, 0) is 311 Å². The Morgan fingerprint density at radius 2 is 0.829 bits per heavy atom. The van der Waals surface area contributed by atoms with Crippen molar-refractivity contribution in [3.05, 3.63) is 459 Å². The minimum Gasteiger partial charge on any atom is -0.497 e. The maximum atomic E-state index is 13.4. The molecule has 15 aromatic rings. The third-order valence-corrected chi connectivity index (χ3v) is 25.6. The number of rotatable bonds is 41. The molecule has 1 atom stereocenters. The molecule has 1 aliphatic carbocycles. The summed E-state index contributed by atoms with van der Waals surface area (Å²) in [6, 6.07) is 95.6. The van der Waals surface area contributed by atoms with Gasteiger partial charge in [0.1, 0.15) is 63.4 Å². The van der Waals surface area contributed by atoms with E-state index in [0.29, 0.717) is 121 Å². The van der Waals surface area contributed by atoms with Gasteiger partial charge in [-0.25, -0.2) is 13.2 Å². The lowest BCUT2D eigenvalue weighted by atomic mass is 9.97. The lowest BCUT2D eigenvalue weighted by molar-refractivity contribution is -0.133. The summed E-state index contributed by atoms with van der Waals surface area (Å²) in [6.45, 7) is 8.84. The monoisotopic (exact) mass is 1960 g/mol. The number of halogens is 3. The molecule has 21 nitrogen and oxygen atoms in total. The number of ether oxygens (including phenoxy) is 7. The van der Waals surface area contributed by atoms with E-state index in [0.717, 1.165) is 165 Å². The average Bonchev–Trinajstić information content (AvgIpc) is 1.65. The van der Waals surface area contributed by atoms with Crippen LogP contribution in [0, 0.1) is 23.4 Å². The number of aryl methyl sites for hydroxylation is 1. The maximum absolute atomic E-state index is 13.4. The SMILES string of the molecule is CN(Cc1cccc(OCC2CCCN(C(=O)C3=NCC4=C3CCC4)C2)c1)Cc1ccc2ncccc2c1.COc1ccc(C(=O)N(Cc2ccncc2)Cc2cccc(OCCc3ccc(F)cc3)c2)cc1.COc1ccc(CC(=O)N(Cc2ccncc2)Cc2cccc(OCCc3ccc(F)cc3)c2)cc1.COc1ccccc1CCC(=O)N(Cc1ccncc1)Cc1cccc(OCCc2ccc(F)cc2)c1. The maximum Gasteiger partial charge on any atom is 0.272 e. The van der Waals surface area contributed by atoms with Gasteiger partial charge in [0.05, 0.1) is 66.2 Å². The summed E-state index contributed by atoms with van der Waals surface area (Å²) in [5.74, 6) is 5.12. The molecule has 6 heterocycles. The number of methoxy groups -OCH3 is 3. The number of pyridine rings is 4. The van der Waals surface area contributed by atoms with Gasteiger partial charge in [-0.1, -0.05) is 127 Å². The van der Waals surface area contributed by atoms with Crippen LogP contribution in [0.2, 0.25) is 0 Å². The van der Waals surface area contributed by atoms with Crippen LogP contribution in [0.15, 0.2) is 369 Å². The third kappa shape index (κ3) is 32.5. The Morgan fingerprint density at radius 3 is 1.34 bits per heavy atom. The lowest BCUT2D eigenvalue weighted by Gasteiger charge is -2.33. The molecule has 11 aromatic carbocycles. The van der Waals surface area contributed by atoms with Crippen molar-refractivity contribution in [3.8, 4) is 40.2 Å². The van der Waals surface area contributed by atoms with E-state index in [9.17, 15) is 32.3 Å². The number of amides is 4. The van der Waals surface area contributed by atoms with Gasteiger partial charge in [-0.15, -0.1) is 0 Å². The molecule has 0 N–H and O–H groups in total. The third-order valence-electron chi connectivity index (χ3n) is 25.6. The van der Waals surface area contributed by atoms with Gasteiger partial charge in [0.2, 0.25) is 11.8 Å². The van der Waals surface area contributed by atoms with Crippen molar-refractivity contribution in [2.24, 2.45) is 10.9 Å². The van der Waals surface area contributed by atoms with Gasteiger partial charge >= 0.3 is 0 Å². The summed E-state index contributed by atoms with van der Waals surface area (Å²) < 4.78 is 79.3. The van der Waals surface area contributed by atoms with Crippen molar-refractivity contribution < 1.29 is 65.5 Å². The zero-order valence-electron chi connectivity index (χ0n) is 83.0. The van der Waals surface area contributed by atoms with Gasteiger partial charge in [0, 0.05) is 151 Å². The van der Waals surface area contributed by atoms with Crippen LogP contribution in [0.1, 0.15) is 121 Å². The summed E-state index contributed by atoms with van der Waals surface area (Å²) in [5.41, 5.74) is 18.4. The Morgan fingerprint density at radius 1 is 0.384 bits per heavy atom. The molecule has 1 saturated heterocycles. The number of aromatic nitrogens is 4. The highest BCUT2D eigenvalue weighted by Gasteiger charge is 2.34. The molecule has 18 rings (SSSR count). The zero-order chi connectivity index (χ0) is 101. The van der Waals surface area contributed by atoms with E-state index in [-0.39, 0.29) is 41.1 Å². The number of likely N-dealkylation sites (tertiary alicyclic amines) is 1. The van der Waals surface area contributed by atoms with Gasteiger partial charge in [-0.3, -0.25) is 49.0 Å². The predicted molar refractivity (Wildman–Crippen MR) is 563 cm³/mol. The first-order chi connectivity index (χ1) is 71.4. The van der Waals surface area contributed by atoms with Crippen molar-refractivity contribution >= 4 is 40.2 Å². The average molecular weight is 1960 g/mol. The molecule has 0 radical (unpaired) electrons. The van der Waals surface area contributed by atoms with Crippen LogP contribution in [0.3, 0.4) is 0 Å². The Balaban J connectivity index is 0.000000146. The molecule has 4 amide bonds. The fourth-order valence-corrected chi connectivity index (χ4v) is 17.8. The smallest absolute Gasteiger partial charge is 0.272 e. The van der Waals surface area contributed by atoms with Crippen molar-refractivity contribution in [2.75, 3.05) is 74.4 Å². The van der Waals surface area contributed by atoms with Crippen LogP contribution in [0.5, 0.6) is 40.2 Å². The van der Waals surface area contributed by atoms with E-state index in [1.165, 1.54) is 70.5 Å². The number of aliphatic imine (C=N–C) groups is 1. The number of nitrogens with zero attached hydrogens (tertiary/aromatic N) is 10. The Bertz CT molecular complexity index is 6780. The van der Waals surface area contributed by atoms with Crippen LogP contribution in [-0.4, -0.2) is 148 Å². The number of piperidine rings is 1. The number of hydrogen-bond donors (Lipinski definition) is 0. The molecule has 0 saturated carbocycles. The molecule has 0 bridgehead atoms. The van der Waals surface area contributed by atoms with Crippen molar-refractivity contribution in [1.82, 2.24) is 44.4 Å². The number of fused-ring (bicyclic) bond motifs is 1. The van der Waals surface area contributed by atoms with Crippen molar-refractivity contribution in [1.29, 1.82) is 0 Å². The molecule has 748 valence electrons. The quantitative estimate of drug-likeness (QED) is 0.0348. The van der Waals surface area contributed by atoms with Crippen LogP contribution < -0.4 is 33.2 Å². The van der Waals surface area contributed by atoms with E-state index in [1.807, 2.05) is 191 Å². The summed E-state index contributed by atoms with van der Waals surface area (Å²) in [5, 5.41) is 1.17. The lowest BCUT2D eigenvalue weighted by Crippen LogP contribution is -2.44. The van der Waals surface area contributed by atoms with Crippen LogP contribution in [-0.2, 0) is 98.8 Å². The number of benzene rings is 11. The Hall–Kier alpha value is -16.1. The van der Waals surface area contributed by atoms with E-state index < -0.39 is 0 Å². The number of carbonyl (C=O) groups excluding carboxylic acids is 4. The molecule has 0 spiro atoms. The summed E-state index contributed by atoms with van der Waals surface area (Å²) in [6.07, 6.45) is 20.9. The highest BCUT2D eigenvalue weighted by Crippen LogP contribution is 2.34. The second-order valence-electron chi connectivity index (χ2n) is 36.4. The molecule has 4 aromatic heterocycles. The first kappa shape index (κ1) is 104. The highest BCUT2D eigenvalue weighted by molar-refractivity contribution is 6.46. The van der Waals surface area contributed by atoms with Gasteiger partial charge < -0.3 is 52.8 Å². The Labute approximate surface area is 853 Å². The summed E-state index contributed by atoms with van der Waals surface area (Å²) in [4.78, 5) is 84.4. The summed E-state index contributed by atoms with van der Waals surface area (Å²) >= 11 is 0. The molecule has 3 aliphatic rings. The molecular formula is C122H123F3N10O11. The van der Waals surface area contributed by atoms with Gasteiger partial charge in [0.15, 0.2) is 0 Å². The molecule has 24 heteroatoms. The number of para-hydroxylation sites is 1. The largest absolute Gasteiger partial charge is 0.497 e. The number of carbonyl (C=O) groups is 4. The second kappa shape index (κ2) is 54.4. The van der Waals surface area contributed by atoms with E-state index in [2.05, 4.69) is 79.3 Å². The summed E-state index contributed by atoms with van der Waals surface area (Å²) in [7, 11) is 7.01. The van der Waals surface area contributed by atoms with Crippen LogP contribution in [0.4, 0.5) is 13.2 Å². The van der Waals surface area contributed by atoms with Crippen LogP contribution >= 0.6 is 0 Å². The minimum absolute atomic E-state index is 0.0274. The Kier molecular flexibility index (Phi) is 38.8. The molecule has 1 fully saturated rings. The fourth-order valence-electron chi connectivity index (χ4n) is 17.8. The minimum atomic E-state index is -0.247. The van der Waals surface area contributed by atoms with Gasteiger partial charge in [0.25, 0.3) is 11.8 Å². The molecular weight excluding hydrogens is 1840 g/mol. The number of hydrogen-bond acceptors (Lipinski definition) is 17. The predicted octanol–water partition coefficient (Wildman–Crippen LogP) is 22.7. The van der Waals surface area contributed by atoms with E-state index in [1.54, 1.807) is 124 Å². The zero-order valence-corrected chi connectivity index (χ0v) is 83.0. The van der Waals surface area contributed by atoms with Crippen molar-refractivity contribution in [3.63, 3.8) is 0 Å². The van der Waals surface area contributed by atoms with E-state index in [4.69, 9.17) is 33.2 Å². The first-order valence-corrected chi connectivity index (χ1v) is 49.5. The van der Waals surface area contributed by atoms with Crippen molar-refractivity contribution in [2.45, 2.75) is 123 Å². The van der Waals surface area contributed by atoms with Gasteiger partial charge in [-0.2, -0.15) is 0 Å². The second-order valence-corrected chi connectivity index (χ2v) is 36.4. The topological polar surface area (TPSA) is 213 Å². The fraction of sp³-hybridized carbons (Fsp3) is 0.254.